The number of nitrogens with zero attached hydrogens (tertiary/aromatic N) is 1. The Morgan fingerprint density at radius 3 is 2.63 bits per heavy atom. The smallest absolute Gasteiger partial charge is 0.146 e. The molecule has 2 rings (SSSR count). The lowest BCUT2D eigenvalue weighted by Crippen LogP contribution is -2.06. The van der Waals surface area contributed by atoms with Gasteiger partial charge in [0.2, 0.25) is 0 Å². The lowest BCUT2D eigenvalue weighted by molar-refractivity contribution is 0.473. The minimum absolute atomic E-state index is 0.350. The zero-order valence-electron chi connectivity index (χ0n) is 10.5. The van der Waals surface area contributed by atoms with E-state index in [1.807, 2.05) is 31.3 Å². The summed E-state index contributed by atoms with van der Waals surface area (Å²) >= 11 is 5.98. The summed E-state index contributed by atoms with van der Waals surface area (Å²) in [6, 6.07) is 14.9. The third kappa shape index (κ3) is 3.05. The van der Waals surface area contributed by atoms with Crippen molar-refractivity contribution in [1.29, 1.82) is 5.26 Å². The molecule has 0 fully saturated rings. The van der Waals surface area contributed by atoms with E-state index < -0.39 is 0 Å². The molecule has 0 radical (unpaired) electrons. The van der Waals surface area contributed by atoms with Crippen LogP contribution < -0.4 is 10.1 Å². The highest BCUT2D eigenvalue weighted by Gasteiger charge is 2.10. The number of ether oxygens (including phenoxy) is 1. The Labute approximate surface area is 117 Å². The average Bonchev–Trinajstić information content (AvgIpc) is 2.41. The van der Waals surface area contributed by atoms with Crippen LogP contribution in [0.3, 0.4) is 0 Å². The summed E-state index contributed by atoms with van der Waals surface area (Å²) in [5.74, 6) is 1.19. The van der Waals surface area contributed by atoms with Gasteiger partial charge in [-0.1, -0.05) is 35.9 Å². The second kappa shape index (κ2) is 6.24. The lowest BCUT2D eigenvalue weighted by Gasteiger charge is -2.12. The Kier molecular flexibility index (Phi) is 4.40. The van der Waals surface area contributed by atoms with Gasteiger partial charge in [-0.25, -0.2) is 0 Å². The van der Waals surface area contributed by atoms with Gasteiger partial charge in [0.1, 0.15) is 23.1 Å². The fourth-order valence-corrected chi connectivity index (χ4v) is 1.96. The zero-order valence-corrected chi connectivity index (χ0v) is 11.2. The predicted molar refractivity (Wildman–Crippen MR) is 75.4 cm³/mol. The third-order valence-electron chi connectivity index (χ3n) is 2.65. The summed E-state index contributed by atoms with van der Waals surface area (Å²) < 4.78 is 5.82. The van der Waals surface area contributed by atoms with Crippen LogP contribution in [-0.2, 0) is 6.54 Å². The van der Waals surface area contributed by atoms with Gasteiger partial charge in [-0.2, -0.15) is 5.26 Å². The fourth-order valence-electron chi connectivity index (χ4n) is 1.76. The van der Waals surface area contributed by atoms with Crippen LogP contribution in [0.25, 0.3) is 0 Å². The quantitative estimate of drug-likeness (QED) is 0.922. The van der Waals surface area contributed by atoms with Gasteiger partial charge in [0.15, 0.2) is 0 Å². The second-order valence-corrected chi connectivity index (χ2v) is 4.37. The maximum absolute atomic E-state index is 9.12. The summed E-state index contributed by atoms with van der Waals surface area (Å²) in [5, 5.41) is 12.6. The van der Waals surface area contributed by atoms with E-state index in [-0.39, 0.29) is 0 Å². The van der Waals surface area contributed by atoms with E-state index in [0.29, 0.717) is 22.9 Å². The molecule has 0 amide bonds. The van der Waals surface area contributed by atoms with Crippen molar-refractivity contribution in [2.24, 2.45) is 0 Å². The van der Waals surface area contributed by atoms with Crippen molar-refractivity contribution in [3.8, 4) is 17.6 Å². The van der Waals surface area contributed by atoms with Crippen molar-refractivity contribution in [1.82, 2.24) is 5.32 Å². The van der Waals surface area contributed by atoms with Crippen LogP contribution in [0.2, 0.25) is 5.02 Å². The van der Waals surface area contributed by atoms with Crippen molar-refractivity contribution in [2.45, 2.75) is 6.54 Å². The van der Waals surface area contributed by atoms with Crippen LogP contribution in [0.15, 0.2) is 42.5 Å². The minimum atomic E-state index is 0.350. The van der Waals surface area contributed by atoms with Crippen molar-refractivity contribution >= 4 is 11.6 Å². The standard InChI is InChI=1S/C15H13ClN2O/c1-18-10-11-5-2-3-7-14(11)19-15-8-4-6-13(16)12(15)9-17/h2-8,18H,10H2,1H3. The summed E-state index contributed by atoms with van der Waals surface area (Å²) in [6.45, 7) is 0.693. The highest BCUT2D eigenvalue weighted by molar-refractivity contribution is 6.31. The van der Waals surface area contributed by atoms with Crippen LogP contribution >= 0.6 is 11.6 Å². The van der Waals surface area contributed by atoms with E-state index in [1.165, 1.54) is 0 Å². The number of rotatable bonds is 4. The average molecular weight is 273 g/mol. The molecule has 2 aromatic rings. The maximum atomic E-state index is 9.12. The van der Waals surface area contributed by atoms with Crippen molar-refractivity contribution < 1.29 is 4.74 Å². The van der Waals surface area contributed by atoms with E-state index in [2.05, 4.69) is 11.4 Å². The molecule has 1 N–H and O–H groups in total. The predicted octanol–water partition coefficient (Wildman–Crippen LogP) is 3.72. The summed E-state index contributed by atoms with van der Waals surface area (Å²) in [5.41, 5.74) is 1.37. The van der Waals surface area contributed by atoms with Gasteiger partial charge in [-0.3, -0.25) is 0 Å². The number of hydrogen-bond donors (Lipinski definition) is 1. The van der Waals surface area contributed by atoms with E-state index in [1.54, 1.807) is 18.2 Å². The Morgan fingerprint density at radius 2 is 1.89 bits per heavy atom. The minimum Gasteiger partial charge on any atom is -0.456 e. The van der Waals surface area contributed by atoms with Crippen LogP contribution in [0.1, 0.15) is 11.1 Å². The van der Waals surface area contributed by atoms with Crippen LogP contribution in [0.4, 0.5) is 0 Å². The molecule has 0 unspecified atom stereocenters. The first kappa shape index (κ1) is 13.4. The van der Waals surface area contributed by atoms with Gasteiger partial charge in [-0.05, 0) is 25.2 Å². The highest BCUT2D eigenvalue weighted by atomic mass is 35.5. The van der Waals surface area contributed by atoms with Crippen LogP contribution in [0.5, 0.6) is 11.5 Å². The molecule has 0 heterocycles. The Bertz CT molecular complexity index is 620. The van der Waals surface area contributed by atoms with E-state index in [9.17, 15) is 0 Å². The van der Waals surface area contributed by atoms with Gasteiger partial charge in [-0.15, -0.1) is 0 Å². The normalized spacial score (nSPS) is 9.95. The van der Waals surface area contributed by atoms with E-state index in [4.69, 9.17) is 21.6 Å². The second-order valence-electron chi connectivity index (χ2n) is 3.96. The largest absolute Gasteiger partial charge is 0.456 e. The Hall–Kier alpha value is -2.02. The molecule has 0 aliphatic carbocycles. The molecule has 19 heavy (non-hydrogen) atoms. The number of para-hydroxylation sites is 1. The van der Waals surface area contributed by atoms with Gasteiger partial charge in [0.05, 0.1) is 5.02 Å². The number of halogens is 1. The molecule has 0 saturated heterocycles. The topological polar surface area (TPSA) is 45.0 Å². The molecule has 0 bridgehead atoms. The van der Waals surface area contributed by atoms with Gasteiger partial charge in [0, 0.05) is 12.1 Å². The summed E-state index contributed by atoms with van der Waals surface area (Å²) in [7, 11) is 1.87. The molecule has 96 valence electrons. The lowest BCUT2D eigenvalue weighted by atomic mass is 10.2. The molecule has 0 aliphatic rings. The van der Waals surface area contributed by atoms with Crippen LogP contribution in [-0.4, -0.2) is 7.05 Å². The first-order valence-corrected chi connectivity index (χ1v) is 6.23. The Balaban J connectivity index is 2.37. The maximum Gasteiger partial charge on any atom is 0.146 e. The molecule has 0 atom stereocenters. The summed E-state index contributed by atoms with van der Waals surface area (Å²) in [6.07, 6.45) is 0. The third-order valence-corrected chi connectivity index (χ3v) is 2.96. The highest BCUT2D eigenvalue weighted by Crippen LogP contribution is 2.31. The first-order chi connectivity index (χ1) is 9.26. The van der Waals surface area contributed by atoms with Gasteiger partial charge >= 0.3 is 0 Å². The molecule has 4 heteroatoms. The van der Waals surface area contributed by atoms with Gasteiger partial charge < -0.3 is 10.1 Å². The molecule has 0 aromatic heterocycles. The molecule has 0 aliphatic heterocycles. The number of hydrogen-bond acceptors (Lipinski definition) is 3. The monoisotopic (exact) mass is 272 g/mol. The molecule has 0 spiro atoms. The molecule has 2 aromatic carbocycles. The molecule has 3 nitrogen and oxygen atoms in total. The van der Waals surface area contributed by atoms with Crippen molar-refractivity contribution in [3.05, 3.63) is 58.6 Å². The number of nitrogens with one attached hydrogen (secondary N) is 1. The first-order valence-electron chi connectivity index (χ1n) is 5.85. The molecular formula is C15H13ClN2O. The van der Waals surface area contributed by atoms with Gasteiger partial charge in [0.25, 0.3) is 0 Å². The van der Waals surface area contributed by atoms with E-state index >= 15 is 0 Å². The van der Waals surface area contributed by atoms with Crippen LogP contribution in [0, 0.1) is 11.3 Å². The van der Waals surface area contributed by atoms with Crippen molar-refractivity contribution in [3.63, 3.8) is 0 Å². The fraction of sp³-hybridized carbons (Fsp3) is 0.133. The SMILES string of the molecule is CNCc1ccccc1Oc1cccc(Cl)c1C#N. The van der Waals surface area contributed by atoms with E-state index in [0.717, 1.165) is 11.3 Å². The molecular weight excluding hydrogens is 260 g/mol. The molecule has 0 saturated carbocycles. The van der Waals surface area contributed by atoms with Crippen molar-refractivity contribution in [2.75, 3.05) is 7.05 Å². The zero-order chi connectivity index (χ0) is 13.7. The Morgan fingerprint density at radius 1 is 1.16 bits per heavy atom. The number of nitriles is 1. The number of benzene rings is 2. The summed E-state index contributed by atoms with van der Waals surface area (Å²) in [4.78, 5) is 0.